The number of nitrogens with zero attached hydrogens (tertiary/aromatic N) is 3. The van der Waals surface area contributed by atoms with Crippen LogP contribution in [0.1, 0.15) is 36.0 Å². The van der Waals surface area contributed by atoms with E-state index in [0.717, 1.165) is 17.1 Å². The van der Waals surface area contributed by atoms with Gasteiger partial charge in [0.2, 0.25) is 0 Å². The van der Waals surface area contributed by atoms with Gasteiger partial charge in [-0.3, -0.25) is 9.79 Å². The monoisotopic (exact) mass is 431 g/mol. The highest BCUT2D eigenvalue weighted by atomic mass is 19.4. The van der Waals surface area contributed by atoms with Crippen LogP contribution in [-0.4, -0.2) is 53.5 Å². The summed E-state index contributed by atoms with van der Waals surface area (Å²) in [6.07, 6.45) is -3.48. The number of halogens is 3. The fourth-order valence-corrected chi connectivity index (χ4v) is 4.08. The lowest BCUT2D eigenvalue weighted by atomic mass is 9.86. The molecule has 4 rings (SSSR count). The largest absolute Gasteiger partial charge is 0.390 e. The van der Waals surface area contributed by atoms with E-state index in [1.54, 1.807) is 17.0 Å². The van der Waals surface area contributed by atoms with Crippen molar-refractivity contribution in [2.75, 3.05) is 24.5 Å². The summed E-state index contributed by atoms with van der Waals surface area (Å²) in [6, 6.07) is 15.1. The van der Waals surface area contributed by atoms with E-state index in [0.29, 0.717) is 12.1 Å². The van der Waals surface area contributed by atoms with Crippen LogP contribution >= 0.6 is 0 Å². The first kappa shape index (κ1) is 21.4. The zero-order valence-corrected chi connectivity index (χ0v) is 17.0. The molecule has 0 atom stereocenters. The Bertz CT molecular complexity index is 965. The lowest BCUT2D eigenvalue weighted by molar-refractivity contribution is -0.150. The molecule has 1 fully saturated rings. The second-order valence-corrected chi connectivity index (χ2v) is 8.09. The Labute approximate surface area is 178 Å². The van der Waals surface area contributed by atoms with Gasteiger partial charge >= 0.3 is 6.18 Å². The highest BCUT2D eigenvalue weighted by molar-refractivity contribution is 5.95. The minimum Gasteiger partial charge on any atom is -0.390 e. The number of aliphatic hydroxyl groups is 1. The molecule has 0 saturated carbocycles. The van der Waals surface area contributed by atoms with Crippen LogP contribution in [-0.2, 0) is 0 Å². The standard InChI is InChI=1S/C23H24F3N3O2/c24-23(25,26)10-9-22(31)11-14-28(15-12-22)21(30)17-5-7-18(8-6-17)29-16-13-27-19-3-1-2-4-20(19)29/h1-8,13,31H,9-12,14-16H2. The minimum absolute atomic E-state index is 0.150. The SMILES string of the molecule is O=C(c1ccc(N2CC=Nc3ccccc32)cc1)N1CCC(O)(CCC(F)(F)F)CC1. The second kappa shape index (κ2) is 8.34. The van der Waals surface area contributed by atoms with Gasteiger partial charge in [0.1, 0.15) is 0 Å². The van der Waals surface area contributed by atoms with E-state index in [-0.39, 0.29) is 38.3 Å². The molecule has 31 heavy (non-hydrogen) atoms. The van der Waals surface area contributed by atoms with Crippen LogP contribution in [0.2, 0.25) is 0 Å². The van der Waals surface area contributed by atoms with Crippen LogP contribution in [0, 0.1) is 0 Å². The highest BCUT2D eigenvalue weighted by Crippen LogP contribution is 2.36. The number of carbonyl (C=O) groups excluding carboxylic acids is 1. The predicted octanol–water partition coefficient (Wildman–Crippen LogP) is 4.85. The lowest BCUT2D eigenvalue weighted by Crippen LogP contribution is -2.47. The lowest BCUT2D eigenvalue weighted by Gasteiger charge is -2.38. The number of carbonyl (C=O) groups is 1. The summed E-state index contributed by atoms with van der Waals surface area (Å²) in [5.41, 5.74) is 1.98. The summed E-state index contributed by atoms with van der Waals surface area (Å²) in [5, 5.41) is 10.4. The molecule has 2 aromatic rings. The van der Waals surface area contributed by atoms with Crippen molar-refractivity contribution in [2.24, 2.45) is 4.99 Å². The van der Waals surface area contributed by atoms with Gasteiger partial charge in [-0.15, -0.1) is 0 Å². The number of fused-ring (bicyclic) bond motifs is 1. The predicted molar refractivity (Wildman–Crippen MR) is 113 cm³/mol. The summed E-state index contributed by atoms with van der Waals surface area (Å²) >= 11 is 0. The van der Waals surface area contributed by atoms with Gasteiger partial charge in [-0.25, -0.2) is 0 Å². The number of piperidine rings is 1. The van der Waals surface area contributed by atoms with E-state index >= 15 is 0 Å². The topological polar surface area (TPSA) is 56.1 Å². The highest BCUT2D eigenvalue weighted by Gasteiger charge is 2.38. The van der Waals surface area contributed by atoms with Crippen LogP contribution < -0.4 is 4.90 Å². The van der Waals surface area contributed by atoms with Crippen molar-refractivity contribution in [3.8, 4) is 0 Å². The number of alkyl halides is 3. The van der Waals surface area contributed by atoms with Crippen molar-refractivity contribution in [3.63, 3.8) is 0 Å². The summed E-state index contributed by atoms with van der Waals surface area (Å²) < 4.78 is 37.4. The Morgan fingerprint density at radius 3 is 2.42 bits per heavy atom. The van der Waals surface area contributed by atoms with Crippen LogP contribution in [0.15, 0.2) is 53.5 Å². The number of hydrogen-bond donors (Lipinski definition) is 1. The quantitative estimate of drug-likeness (QED) is 0.753. The fraction of sp³-hybridized carbons (Fsp3) is 0.391. The average molecular weight is 431 g/mol. The molecule has 0 bridgehead atoms. The fourth-order valence-electron chi connectivity index (χ4n) is 4.08. The van der Waals surface area contributed by atoms with E-state index in [1.807, 2.05) is 42.6 Å². The van der Waals surface area contributed by atoms with E-state index in [4.69, 9.17) is 0 Å². The van der Waals surface area contributed by atoms with Gasteiger partial charge in [0.15, 0.2) is 0 Å². The number of anilines is 2. The summed E-state index contributed by atoms with van der Waals surface area (Å²) in [6.45, 7) is 1.11. The molecule has 8 heteroatoms. The number of aliphatic imine (C=N–C) groups is 1. The molecule has 0 aliphatic carbocycles. The van der Waals surface area contributed by atoms with Crippen molar-refractivity contribution in [1.29, 1.82) is 0 Å². The Kier molecular flexibility index (Phi) is 5.75. The number of hydrogen-bond acceptors (Lipinski definition) is 4. The number of benzene rings is 2. The Hall–Kier alpha value is -2.87. The summed E-state index contributed by atoms with van der Waals surface area (Å²) in [7, 11) is 0. The smallest absolute Gasteiger partial charge is 0.389 e. The third-order valence-corrected chi connectivity index (χ3v) is 5.95. The Morgan fingerprint density at radius 1 is 1.06 bits per heavy atom. The number of para-hydroxylation sites is 2. The first-order valence-corrected chi connectivity index (χ1v) is 10.3. The summed E-state index contributed by atoms with van der Waals surface area (Å²) in [5.74, 6) is -0.176. The van der Waals surface area contributed by atoms with Crippen LogP contribution in [0.4, 0.5) is 30.2 Å². The van der Waals surface area contributed by atoms with E-state index in [2.05, 4.69) is 9.89 Å². The van der Waals surface area contributed by atoms with Crippen LogP contribution in [0.3, 0.4) is 0 Å². The normalized spacial score (nSPS) is 18.1. The van der Waals surface area contributed by atoms with Crippen molar-refractivity contribution >= 4 is 29.2 Å². The van der Waals surface area contributed by atoms with Crippen molar-refractivity contribution in [1.82, 2.24) is 4.90 Å². The maximum atomic E-state index is 12.8. The maximum Gasteiger partial charge on any atom is 0.389 e. The molecule has 0 spiro atoms. The number of likely N-dealkylation sites (tertiary alicyclic amines) is 1. The summed E-state index contributed by atoms with van der Waals surface area (Å²) in [4.78, 5) is 21.0. The maximum absolute atomic E-state index is 12.8. The van der Waals surface area contributed by atoms with Gasteiger partial charge in [0.25, 0.3) is 5.91 Å². The van der Waals surface area contributed by atoms with Gasteiger partial charge < -0.3 is 14.9 Å². The zero-order chi connectivity index (χ0) is 22.1. The molecule has 1 N–H and O–H groups in total. The van der Waals surface area contributed by atoms with Crippen molar-refractivity contribution in [3.05, 3.63) is 54.1 Å². The van der Waals surface area contributed by atoms with E-state index in [1.165, 1.54) is 0 Å². The van der Waals surface area contributed by atoms with E-state index < -0.39 is 18.2 Å². The molecule has 2 heterocycles. The van der Waals surface area contributed by atoms with Gasteiger partial charge in [-0.05, 0) is 55.7 Å². The third kappa shape index (κ3) is 4.90. The van der Waals surface area contributed by atoms with Crippen molar-refractivity contribution in [2.45, 2.75) is 37.5 Å². The Balaban J connectivity index is 1.39. The average Bonchev–Trinajstić information content (AvgIpc) is 2.77. The molecule has 1 amide bonds. The molecule has 0 radical (unpaired) electrons. The molecule has 2 aliphatic heterocycles. The van der Waals surface area contributed by atoms with Gasteiger partial charge in [-0.2, -0.15) is 13.2 Å². The first-order chi connectivity index (χ1) is 14.7. The van der Waals surface area contributed by atoms with Gasteiger partial charge in [0.05, 0.1) is 23.5 Å². The molecule has 0 aromatic heterocycles. The molecular formula is C23H24F3N3O2. The second-order valence-electron chi connectivity index (χ2n) is 8.09. The van der Waals surface area contributed by atoms with Crippen LogP contribution in [0.5, 0.6) is 0 Å². The molecule has 5 nitrogen and oxygen atoms in total. The molecule has 1 saturated heterocycles. The van der Waals surface area contributed by atoms with Crippen LogP contribution in [0.25, 0.3) is 0 Å². The first-order valence-electron chi connectivity index (χ1n) is 10.3. The van der Waals surface area contributed by atoms with E-state index in [9.17, 15) is 23.1 Å². The molecular weight excluding hydrogens is 407 g/mol. The molecule has 0 unspecified atom stereocenters. The number of rotatable bonds is 4. The number of amides is 1. The third-order valence-electron chi connectivity index (χ3n) is 5.95. The molecule has 2 aromatic carbocycles. The Morgan fingerprint density at radius 2 is 1.74 bits per heavy atom. The van der Waals surface area contributed by atoms with Gasteiger partial charge in [-0.1, -0.05) is 12.1 Å². The molecule has 164 valence electrons. The zero-order valence-electron chi connectivity index (χ0n) is 17.0. The minimum atomic E-state index is -4.29. The van der Waals surface area contributed by atoms with Crippen molar-refractivity contribution < 1.29 is 23.1 Å². The van der Waals surface area contributed by atoms with Gasteiger partial charge in [0, 0.05) is 37.0 Å². The molecule has 2 aliphatic rings.